The number of benzene rings is 2. The van der Waals surface area contributed by atoms with Crippen molar-refractivity contribution in [3.05, 3.63) is 96.1 Å². The fraction of sp³-hybridized carbons (Fsp3) is 0.457. The average Bonchev–Trinajstić information content (AvgIpc) is 3.33. The summed E-state index contributed by atoms with van der Waals surface area (Å²) in [6.07, 6.45) is 9.97. The zero-order chi connectivity index (χ0) is 30.2. The summed E-state index contributed by atoms with van der Waals surface area (Å²) in [6, 6.07) is 17.4. The van der Waals surface area contributed by atoms with E-state index < -0.39 is 35.1 Å². The number of aliphatic hydroxyl groups excluding tert-OH is 1. The molecular weight excluding hydrogens is 542 g/mol. The molecule has 4 heterocycles. The van der Waals surface area contributed by atoms with Crippen molar-refractivity contribution in [2.75, 3.05) is 26.2 Å². The molecule has 1 spiro atoms. The zero-order valence-electron chi connectivity index (χ0n) is 25.0. The number of ether oxygens (including phenoxy) is 1. The highest BCUT2D eigenvalue weighted by Crippen LogP contribution is 2.59. The molecule has 1 N–H and O–H groups in total. The Labute approximate surface area is 253 Å². The van der Waals surface area contributed by atoms with Crippen LogP contribution in [-0.2, 0) is 25.7 Å². The van der Waals surface area contributed by atoms with Gasteiger partial charge < -0.3 is 24.5 Å². The van der Waals surface area contributed by atoms with Gasteiger partial charge >= 0.3 is 0 Å². The van der Waals surface area contributed by atoms with Crippen LogP contribution in [0.3, 0.4) is 0 Å². The van der Waals surface area contributed by atoms with Crippen LogP contribution >= 0.6 is 0 Å². The summed E-state index contributed by atoms with van der Waals surface area (Å²) in [7, 11) is 0. The number of hydrogen-bond acceptors (Lipinski definition) is 5. The molecule has 1 unspecified atom stereocenters. The van der Waals surface area contributed by atoms with Gasteiger partial charge in [-0.15, -0.1) is 0 Å². The Morgan fingerprint density at radius 1 is 0.860 bits per heavy atom. The molecule has 6 atom stereocenters. The molecule has 226 valence electrons. The number of carbonyl (C=O) groups is 3. The number of likely N-dealkylation sites (tertiary alicyclic amines) is 1. The molecule has 43 heavy (non-hydrogen) atoms. The SMILES string of the molecule is CCCCN1CC=C[C@]23O[C@@]4(CC)C=CCN(Cc5ccccc5)C(=O)[C@H]4[C@H]2C(=O)N([C@H](CO)c2ccccc2)C3C1=O. The Balaban J connectivity index is 1.48. The van der Waals surface area contributed by atoms with Crippen molar-refractivity contribution in [3.63, 3.8) is 0 Å². The van der Waals surface area contributed by atoms with E-state index in [-0.39, 0.29) is 24.3 Å². The first kappa shape index (κ1) is 29.3. The van der Waals surface area contributed by atoms with Crippen LogP contribution in [0.1, 0.15) is 50.3 Å². The molecule has 4 aliphatic rings. The first-order chi connectivity index (χ1) is 20.9. The molecule has 8 nitrogen and oxygen atoms in total. The first-order valence-corrected chi connectivity index (χ1v) is 15.6. The number of nitrogens with zero attached hydrogens (tertiary/aromatic N) is 3. The third-order valence-electron chi connectivity index (χ3n) is 9.74. The largest absolute Gasteiger partial charge is 0.394 e. The van der Waals surface area contributed by atoms with Gasteiger partial charge in [0.1, 0.15) is 11.6 Å². The predicted molar refractivity (Wildman–Crippen MR) is 162 cm³/mol. The Hall–Kier alpha value is -3.75. The molecule has 3 amide bonds. The summed E-state index contributed by atoms with van der Waals surface area (Å²) < 4.78 is 7.09. The summed E-state index contributed by atoms with van der Waals surface area (Å²) in [4.78, 5) is 49.1. The topological polar surface area (TPSA) is 90.4 Å². The van der Waals surface area contributed by atoms with E-state index in [9.17, 15) is 19.5 Å². The lowest BCUT2D eigenvalue weighted by atomic mass is 9.73. The van der Waals surface area contributed by atoms with Crippen LogP contribution in [0.25, 0.3) is 0 Å². The summed E-state index contributed by atoms with van der Waals surface area (Å²) in [5.41, 5.74) is -0.667. The number of fused-ring (bicyclic) bond motifs is 2. The van der Waals surface area contributed by atoms with Gasteiger partial charge in [-0.2, -0.15) is 0 Å². The number of hydrogen-bond donors (Lipinski definition) is 1. The molecule has 2 aromatic carbocycles. The van der Waals surface area contributed by atoms with Crippen molar-refractivity contribution < 1.29 is 24.2 Å². The number of rotatable bonds is 9. The summed E-state index contributed by atoms with van der Waals surface area (Å²) >= 11 is 0. The van der Waals surface area contributed by atoms with Crippen LogP contribution in [0.2, 0.25) is 0 Å². The molecule has 0 aliphatic carbocycles. The number of aliphatic hydroxyl groups is 1. The van der Waals surface area contributed by atoms with E-state index in [1.54, 1.807) is 14.7 Å². The van der Waals surface area contributed by atoms with Gasteiger partial charge in [-0.25, -0.2) is 0 Å². The predicted octanol–water partition coefficient (Wildman–Crippen LogP) is 3.88. The maximum atomic E-state index is 14.9. The molecule has 2 aromatic rings. The van der Waals surface area contributed by atoms with Crippen LogP contribution in [0.4, 0.5) is 0 Å². The van der Waals surface area contributed by atoms with E-state index in [1.165, 1.54) is 0 Å². The first-order valence-electron chi connectivity index (χ1n) is 15.6. The fourth-order valence-electron chi connectivity index (χ4n) is 7.66. The fourth-order valence-corrected chi connectivity index (χ4v) is 7.66. The summed E-state index contributed by atoms with van der Waals surface area (Å²) in [5.74, 6) is -2.43. The number of carbonyl (C=O) groups excluding carboxylic acids is 3. The van der Waals surface area contributed by atoms with Crippen molar-refractivity contribution in [2.45, 2.75) is 62.9 Å². The zero-order valence-corrected chi connectivity index (χ0v) is 25.0. The average molecular weight is 584 g/mol. The highest BCUT2D eigenvalue weighted by Gasteiger charge is 2.76. The minimum Gasteiger partial charge on any atom is -0.394 e. The van der Waals surface area contributed by atoms with Crippen molar-refractivity contribution in [1.29, 1.82) is 0 Å². The van der Waals surface area contributed by atoms with Gasteiger partial charge in [-0.3, -0.25) is 14.4 Å². The van der Waals surface area contributed by atoms with E-state index in [2.05, 4.69) is 6.92 Å². The lowest BCUT2D eigenvalue weighted by Gasteiger charge is -2.41. The third-order valence-corrected chi connectivity index (χ3v) is 9.74. The van der Waals surface area contributed by atoms with Crippen LogP contribution in [0.15, 0.2) is 85.0 Å². The molecule has 0 aromatic heterocycles. The highest BCUT2D eigenvalue weighted by atomic mass is 16.5. The maximum absolute atomic E-state index is 14.9. The highest BCUT2D eigenvalue weighted by molar-refractivity contribution is 6.00. The monoisotopic (exact) mass is 583 g/mol. The third kappa shape index (κ3) is 4.71. The maximum Gasteiger partial charge on any atom is 0.249 e. The summed E-state index contributed by atoms with van der Waals surface area (Å²) in [5, 5.41) is 10.7. The van der Waals surface area contributed by atoms with Gasteiger partial charge in [-0.1, -0.05) is 105 Å². The molecule has 6 rings (SSSR count). The molecule has 2 fully saturated rings. The van der Waals surface area contributed by atoms with Crippen molar-refractivity contribution in [3.8, 4) is 0 Å². The van der Waals surface area contributed by atoms with Gasteiger partial charge in [-0.05, 0) is 24.0 Å². The van der Waals surface area contributed by atoms with E-state index in [0.29, 0.717) is 32.6 Å². The van der Waals surface area contributed by atoms with Gasteiger partial charge in [0.2, 0.25) is 17.7 Å². The van der Waals surface area contributed by atoms with Gasteiger partial charge in [0.15, 0.2) is 0 Å². The summed E-state index contributed by atoms with van der Waals surface area (Å²) in [6.45, 7) is 5.46. The quantitative estimate of drug-likeness (QED) is 0.453. The standard InChI is InChI=1S/C35H41N3O5/c1-3-5-20-36-21-13-19-35-29(32(41)38(30(35)33(36)42)27(24-39)26-16-10-7-11-17-26)28-31(40)37(23-25-14-8-6-9-15-25)22-12-18-34(28,4-2)43-35/h6-19,27-30,39H,3-5,20-24H2,1-2H3/t27-,28-,29+,30?,34+,35+/m1/s1. The van der Waals surface area contributed by atoms with Gasteiger partial charge in [0.25, 0.3) is 0 Å². The molecular formula is C35H41N3O5. The van der Waals surface area contributed by atoms with Crippen molar-refractivity contribution >= 4 is 17.7 Å². The molecule has 0 bridgehead atoms. The van der Waals surface area contributed by atoms with Crippen molar-refractivity contribution in [1.82, 2.24) is 14.7 Å². The Bertz CT molecular complexity index is 1410. The Morgan fingerprint density at radius 2 is 1.53 bits per heavy atom. The Morgan fingerprint density at radius 3 is 2.21 bits per heavy atom. The number of unbranched alkanes of at least 4 members (excludes halogenated alkanes) is 1. The van der Waals surface area contributed by atoms with E-state index in [1.807, 2.05) is 91.9 Å². The van der Waals surface area contributed by atoms with E-state index >= 15 is 0 Å². The number of amides is 3. The smallest absolute Gasteiger partial charge is 0.249 e. The van der Waals surface area contributed by atoms with Gasteiger partial charge in [0.05, 0.1) is 30.1 Å². The minimum absolute atomic E-state index is 0.153. The van der Waals surface area contributed by atoms with Crippen LogP contribution in [-0.4, -0.2) is 81.0 Å². The van der Waals surface area contributed by atoms with Crippen LogP contribution < -0.4 is 0 Å². The second-order valence-electron chi connectivity index (χ2n) is 12.1. The minimum atomic E-state index is -1.35. The normalized spacial score (nSPS) is 30.6. The second kappa shape index (κ2) is 11.7. The van der Waals surface area contributed by atoms with E-state index in [4.69, 9.17) is 4.74 Å². The molecule has 2 saturated heterocycles. The molecule has 8 heteroatoms. The van der Waals surface area contributed by atoms with Crippen LogP contribution in [0, 0.1) is 11.8 Å². The van der Waals surface area contributed by atoms with Gasteiger partial charge in [0, 0.05) is 26.2 Å². The van der Waals surface area contributed by atoms with Crippen molar-refractivity contribution in [2.24, 2.45) is 11.8 Å². The molecule has 0 radical (unpaired) electrons. The van der Waals surface area contributed by atoms with E-state index in [0.717, 1.165) is 24.0 Å². The second-order valence-corrected chi connectivity index (χ2v) is 12.1. The molecule has 4 aliphatic heterocycles. The lowest BCUT2D eigenvalue weighted by molar-refractivity contribution is -0.157. The Kier molecular flexibility index (Phi) is 8.00. The lowest BCUT2D eigenvalue weighted by Crippen LogP contribution is -2.57. The molecule has 0 saturated carbocycles. The van der Waals surface area contributed by atoms with Crippen LogP contribution in [0.5, 0.6) is 0 Å².